The van der Waals surface area contributed by atoms with Gasteiger partial charge in [-0.2, -0.15) is 0 Å². The molecule has 0 saturated heterocycles. The summed E-state index contributed by atoms with van der Waals surface area (Å²) in [5.41, 5.74) is 2.58. The first-order valence-electron chi connectivity index (χ1n) is 14.3. The van der Waals surface area contributed by atoms with Crippen molar-refractivity contribution in [2.45, 2.75) is 118 Å². The molecule has 2 heteroatoms. The Morgan fingerprint density at radius 1 is 0.818 bits per heavy atom. The van der Waals surface area contributed by atoms with E-state index >= 15 is 0 Å². The van der Waals surface area contributed by atoms with Crippen LogP contribution in [0, 0.1) is 56.7 Å². The van der Waals surface area contributed by atoms with Crippen molar-refractivity contribution in [3.8, 4) is 0 Å². The van der Waals surface area contributed by atoms with Gasteiger partial charge in [-0.15, -0.1) is 0 Å². The molecule has 0 aromatic carbocycles. The maximum atomic E-state index is 10.9. The molecule has 33 heavy (non-hydrogen) atoms. The lowest BCUT2D eigenvalue weighted by Crippen LogP contribution is -2.67. The molecule has 5 rings (SSSR count). The van der Waals surface area contributed by atoms with Crippen molar-refractivity contribution in [2.24, 2.45) is 56.7 Å². The standard InChI is InChI=1S/C31H52O2/c1-20(2)21-9-8-14-31(19-32)18-17-29(6)22(26(21)31)10-11-24-28(5)15-13-25(33)27(3,4)23(28)12-16-30(24,29)7/h21-26,32-33H,1,8-19H2,2-7H3/t21?,22-,23+,24-,25?,26?,28+,29-,30-,31?/m1/s1. The summed E-state index contributed by atoms with van der Waals surface area (Å²) >= 11 is 0. The molecule has 5 aliphatic carbocycles. The van der Waals surface area contributed by atoms with Crippen molar-refractivity contribution in [1.82, 2.24) is 0 Å². The average Bonchev–Trinajstić information content (AvgIpc) is 2.76. The van der Waals surface area contributed by atoms with Crippen molar-refractivity contribution in [1.29, 1.82) is 0 Å². The molecule has 5 fully saturated rings. The fraction of sp³-hybridized carbons (Fsp3) is 0.935. The average molecular weight is 457 g/mol. The first-order valence-corrected chi connectivity index (χ1v) is 14.3. The van der Waals surface area contributed by atoms with Crippen LogP contribution in [0.15, 0.2) is 12.2 Å². The van der Waals surface area contributed by atoms with E-state index in [1.807, 2.05) is 0 Å². The number of hydrogen-bond acceptors (Lipinski definition) is 2. The summed E-state index contributed by atoms with van der Waals surface area (Å²) in [5.74, 6) is 3.30. The zero-order chi connectivity index (χ0) is 24.0. The third kappa shape index (κ3) is 2.98. The predicted octanol–water partition coefficient (Wildman–Crippen LogP) is 7.39. The molecular weight excluding hydrogens is 404 g/mol. The van der Waals surface area contributed by atoms with Crippen LogP contribution in [-0.2, 0) is 0 Å². The number of aliphatic hydroxyl groups is 2. The summed E-state index contributed by atoms with van der Waals surface area (Å²) < 4.78 is 0. The Kier molecular flexibility index (Phi) is 5.60. The van der Waals surface area contributed by atoms with Gasteiger partial charge >= 0.3 is 0 Å². The maximum absolute atomic E-state index is 10.9. The van der Waals surface area contributed by atoms with Crippen LogP contribution in [-0.4, -0.2) is 22.9 Å². The van der Waals surface area contributed by atoms with Crippen molar-refractivity contribution in [3.63, 3.8) is 0 Å². The fourth-order valence-electron chi connectivity index (χ4n) is 11.8. The highest BCUT2D eigenvalue weighted by atomic mass is 16.3. The van der Waals surface area contributed by atoms with Crippen LogP contribution < -0.4 is 0 Å². The van der Waals surface area contributed by atoms with E-state index in [9.17, 15) is 10.2 Å². The smallest absolute Gasteiger partial charge is 0.0594 e. The van der Waals surface area contributed by atoms with E-state index in [1.165, 1.54) is 69.8 Å². The SMILES string of the molecule is C=C(C)C1CCCC2(CO)CC[C@]3(C)[C@H](CC[C@@H]4[C@@]5(C)CCC(O)C(C)(C)[C@@H]5CC[C@]43C)C12. The van der Waals surface area contributed by atoms with Crippen LogP contribution in [0.1, 0.15) is 112 Å². The fourth-order valence-corrected chi connectivity index (χ4v) is 11.8. The highest BCUT2D eigenvalue weighted by Gasteiger charge is 2.70. The minimum atomic E-state index is -0.148. The van der Waals surface area contributed by atoms with E-state index in [0.717, 1.165) is 12.3 Å². The Morgan fingerprint density at radius 2 is 1.55 bits per heavy atom. The molecule has 2 N–H and O–H groups in total. The second-order valence-electron chi connectivity index (χ2n) is 14.9. The number of hydrogen-bond donors (Lipinski definition) is 2. The summed E-state index contributed by atoms with van der Waals surface area (Å²) in [6.07, 6.45) is 13.5. The molecule has 5 aliphatic rings. The third-order valence-corrected chi connectivity index (χ3v) is 13.8. The van der Waals surface area contributed by atoms with Gasteiger partial charge in [-0.05, 0) is 128 Å². The summed E-state index contributed by atoms with van der Waals surface area (Å²) in [5, 5.41) is 21.7. The van der Waals surface area contributed by atoms with Gasteiger partial charge in [0, 0.05) is 6.61 Å². The largest absolute Gasteiger partial charge is 0.396 e. The Hall–Kier alpha value is -0.340. The Morgan fingerprint density at radius 3 is 2.21 bits per heavy atom. The summed E-state index contributed by atoms with van der Waals surface area (Å²) in [7, 11) is 0. The highest BCUT2D eigenvalue weighted by molar-refractivity contribution is 5.20. The number of allylic oxidation sites excluding steroid dienone is 1. The molecule has 188 valence electrons. The number of aliphatic hydroxyl groups excluding tert-OH is 2. The second kappa shape index (κ2) is 7.58. The normalized spacial score (nSPS) is 55.5. The van der Waals surface area contributed by atoms with E-state index in [0.29, 0.717) is 46.5 Å². The van der Waals surface area contributed by atoms with Gasteiger partial charge in [0.25, 0.3) is 0 Å². The van der Waals surface area contributed by atoms with Gasteiger partial charge in [-0.25, -0.2) is 0 Å². The lowest BCUT2D eigenvalue weighted by molar-refractivity contribution is -0.257. The first kappa shape index (κ1) is 24.4. The van der Waals surface area contributed by atoms with Crippen LogP contribution in [0.2, 0.25) is 0 Å². The molecule has 10 atom stereocenters. The molecule has 0 aliphatic heterocycles. The van der Waals surface area contributed by atoms with Crippen molar-refractivity contribution < 1.29 is 10.2 Å². The quantitative estimate of drug-likeness (QED) is 0.425. The number of rotatable bonds is 2. The van der Waals surface area contributed by atoms with Crippen LogP contribution >= 0.6 is 0 Å². The van der Waals surface area contributed by atoms with Crippen molar-refractivity contribution in [2.75, 3.05) is 6.61 Å². The van der Waals surface area contributed by atoms with Crippen LogP contribution in [0.25, 0.3) is 0 Å². The molecule has 0 amide bonds. The summed E-state index contributed by atoms with van der Waals surface area (Å²) in [6, 6.07) is 0. The predicted molar refractivity (Wildman–Crippen MR) is 137 cm³/mol. The Labute approximate surface area is 204 Å². The molecule has 0 aromatic rings. The molecule has 0 radical (unpaired) electrons. The molecular formula is C31H52O2. The molecule has 2 nitrogen and oxygen atoms in total. The van der Waals surface area contributed by atoms with Crippen LogP contribution in [0.4, 0.5) is 0 Å². The lowest BCUT2D eigenvalue weighted by atomic mass is 9.31. The molecule has 0 aromatic heterocycles. The number of fused-ring (bicyclic) bond motifs is 7. The van der Waals surface area contributed by atoms with E-state index in [4.69, 9.17) is 0 Å². The molecule has 0 bridgehead atoms. The van der Waals surface area contributed by atoms with Crippen LogP contribution in [0.5, 0.6) is 0 Å². The van der Waals surface area contributed by atoms with Gasteiger partial charge in [0.2, 0.25) is 0 Å². The first-order chi connectivity index (χ1) is 15.4. The third-order valence-electron chi connectivity index (χ3n) is 13.8. The molecule has 5 saturated carbocycles. The van der Waals surface area contributed by atoms with Gasteiger partial charge < -0.3 is 10.2 Å². The highest BCUT2D eigenvalue weighted by Crippen LogP contribution is 2.77. The van der Waals surface area contributed by atoms with Crippen molar-refractivity contribution >= 4 is 0 Å². The van der Waals surface area contributed by atoms with Crippen molar-refractivity contribution in [3.05, 3.63) is 12.2 Å². The topological polar surface area (TPSA) is 40.5 Å². The zero-order valence-corrected chi connectivity index (χ0v) is 22.6. The zero-order valence-electron chi connectivity index (χ0n) is 22.6. The summed E-state index contributed by atoms with van der Waals surface area (Å²) in [4.78, 5) is 0. The molecule has 0 heterocycles. The molecule has 0 spiro atoms. The van der Waals surface area contributed by atoms with E-state index < -0.39 is 0 Å². The van der Waals surface area contributed by atoms with Gasteiger partial charge in [-0.1, -0.05) is 53.2 Å². The van der Waals surface area contributed by atoms with E-state index in [-0.39, 0.29) is 16.9 Å². The monoisotopic (exact) mass is 456 g/mol. The minimum absolute atomic E-state index is 0.0269. The van der Waals surface area contributed by atoms with E-state index in [2.05, 4.69) is 48.1 Å². The molecule has 4 unspecified atom stereocenters. The Bertz CT molecular complexity index is 801. The van der Waals surface area contributed by atoms with Gasteiger partial charge in [-0.3, -0.25) is 0 Å². The van der Waals surface area contributed by atoms with Gasteiger partial charge in [0.15, 0.2) is 0 Å². The minimum Gasteiger partial charge on any atom is -0.396 e. The van der Waals surface area contributed by atoms with Gasteiger partial charge in [0.05, 0.1) is 6.10 Å². The van der Waals surface area contributed by atoms with Crippen LogP contribution in [0.3, 0.4) is 0 Å². The van der Waals surface area contributed by atoms with E-state index in [1.54, 1.807) is 0 Å². The maximum Gasteiger partial charge on any atom is 0.0594 e. The summed E-state index contributed by atoms with van der Waals surface area (Å²) in [6.45, 7) is 19.8. The lowest BCUT2D eigenvalue weighted by Gasteiger charge is -2.74. The Balaban J connectivity index is 1.55. The second-order valence-corrected chi connectivity index (χ2v) is 14.9. The van der Waals surface area contributed by atoms with Gasteiger partial charge in [0.1, 0.15) is 0 Å².